The number of aliphatic hydroxyl groups excluding tert-OH is 1. The molecule has 2 fully saturated rings. The van der Waals surface area contributed by atoms with E-state index < -0.39 is 23.1 Å². The van der Waals surface area contributed by atoms with Crippen molar-refractivity contribution in [2.24, 2.45) is 5.92 Å². The molecule has 0 bridgehead atoms. The fourth-order valence-electron chi connectivity index (χ4n) is 3.32. The van der Waals surface area contributed by atoms with Crippen LogP contribution in [0.4, 0.5) is 17.6 Å². The number of benzene rings is 1. The van der Waals surface area contributed by atoms with Crippen molar-refractivity contribution < 1.29 is 27.5 Å². The number of alkyl halides is 3. The van der Waals surface area contributed by atoms with Crippen molar-refractivity contribution in [3.8, 4) is 0 Å². The molecule has 3 rings (SSSR count). The Morgan fingerprint density at radius 3 is 2.29 bits per heavy atom. The summed E-state index contributed by atoms with van der Waals surface area (Å²) in [7, 11) is 0. The van der Waals surface area contributed by atoms with Crippen LogP contribution in [0.25, 0.3) is 0 Å². The molecule has 2 saturated carbocycles. The van der Waals surface area contributed by atoms with Gasteiger partial charge in [-0.25, -0.2) is 4.39 Å². The molecule has 0 aromatic heterocycles. The van der Waals surface area contributed by atoms with Crippen molar-refractivity contribution in [1.29, 1.82) is 0 Å². The number of amides is 1. The Balaban J connectivity index is 1.77. The predicted molar refractivity (Wildman–Crippen MR) is 78.4 cm³/mol. The Labute approximate surface area is 137 Å². The first-order valence-corrected chi connectivity index (χ1v) is 8.08. The third-order valence-electron chi connectivity index (χ3n) is 4.96. The van der Waals surface area contributed by atoms with Gasteiger partial charge in [-0.2, -0.15) is 13.2 Å². The van der Waals surface area contributed by atoms with Gasteiger partial charge < -0.3 is 10.4 Å². The molecule has 2 N–H and O–H groups in total. The van der Waals surface area contributed by atoms with Crippen LogP contribution in [0.2, 0.25) is 0 Å². The molecule has 7 heteroatoms. The highest BCUT2D eigenvalue weighted by Crippen LogP contribution is 2.47. The van der Waals surface area contributed by atoms with Gasteiger partial charge in [-0.1, -0.05) is 0 Å². The smallest absolute Gasteiger partial charge is 0.393 e. The van der Waals surface area contributed by atoms with Crippen molar-refractivity contribution in [2.75, 3.05) is 0 Å². The summed E-state index contributed by atoms with van der Waals surface area (Å²) in [4.78, 5) is 12.4. The second-order valence-corrected chi connectivity index (χ2v) is 6.80. The van der Waals surface area contributed by atoms with Crippen molar-refractivity contribution in [3.05, 3.63) is 35.1 Å². The summed E-state index contributed by atoms with van der Waals surface area (Å²) in [5.41, 5.74) is -1.77. The second-order valence-electron chi connectivity index (χ2n) is 6.80. The lowest BCUT2D eigenvalue weighted by molar-refractivity contribution is -0.137. The highest BCUT2D eigenvalue weighted by molar-refractivity contribution is 5.80. The van der Waals surface area contributed by atoms with Gasteiger partial charge >= 0.3 is 6.18 Å². The van der Waals surface area contributed by atoms with Crippen molar-refractivity contribution in [1.82, 2.24) is 5.32 Å². The third kappa shape index (κ3) is 3.55. The molecule has 24 heavy (non-hydrogen) atoms. The summed E-state index contributed by atoms with van der Waals surface area (Å²) in [5, 5.41) is 12.3. The van der Waals surface area contributed by atoms with E-state index in [1.807, 2.05) is 0 Å². The zero-order valence-corrected chi connectivity index (χ0v) is 13.0. The predicted octanol–water partition coefficient (Wildman–Crippen LogP) is 3.50. The Kier molecular flexibility index (Phi) is 4.32. The minimum absolute atomic E-state index is 0.166. The molecule has 3 nitrogen and oxygen atoms in total. The van der Waals surface area contributed by atoms with Gasteiger partial charge in [-0.3, -0.25) is 4.79 Å². The average Bonchev–Trinajstić information content (AvgIpc) is 3.27. The Morgan fingerprint density at radius 1 is 1.12 bits per heavy atom. The minimum Gasteiger partial charge on any atom is -0.393 e. The Hall–Kier alpha value is -1.63. The minimum atomic E-state index is -4.63. The maximum atomic E-state index is 13.6. The maximum Gasteiger partial charge on any atom is 0.416 e. The highest BCUT2D eigenvalue weighted by atomic mass is 19.4. The Bertz CT molecular complexity index is 632. The fourth-order valence-corrected chi connectivity index (χ4v) is 3.32. The molecule has 1 aromatic carbocycles. The van der Waals surface area contributed by atoms with E-state index in [-0.39, 0.29) is 23.5 Å². The Morgan fingerprint density at radius 2 is 1.75 bits per heavy atom. The molecule has 132 valence electrons. The average molecular weight is 345 g/mol. The lowest BCUT2D eigenvalue weighted by Gasteiger charge is -2.27. The van der Waals surface area contributed by atoms with Gasteiger partial charge in [-0.15, -0.1) is 0 Å². The molecule has 0 radical (unpaired) electrons. The monoisotopic (exact) mass is 345 g/mol. The van der Waals surface area contributed by atoms with Crippen molar-refractivity contribution >= 4 is 5.91 Å². The quantitative estimate of drug-likeness (QED) is 0.824. The largest absolute Gasteiger partial charge is 0.416 e. The van der Waals surface area contributed by atoms with Gasteiger partial charge in [0.1, 0.15) is 5.82 Å². The van der Waals surface area contributed by atoms with Crippen LogP contribution in [0.1, 0.15) is 49.7 Å². The molecule has 0 aliphatic heterocycles. The van der Waals surface area contributed by atoms with Crippen LogP contribution in [0, 0.1) is 11.7 Å². The number of carbonyl (C=O) groups excluding carboxylic acids is 1. The summed E-state index contributed by atoms with van der Waals surface area (Å²) in [6, 6.07) is 2.44. The van der Waals surface area contributed by atoms with Crippen LogP contribution in [-0.4, -0.2) is 17.1 Å². The van der Waals surface area contributed by atoms with Gasteiger partial charge in [0.05, 0.1) is 17.2 Å². The van der Waals surface area contributed by atoms with E-state index >= 15 is 0 Å². The van der Waals surface area contributed by atoms with E-state index in [2.05, 4.69) is 5.32 Å². The van der Waals surface area contributed by atoms with Crippen LogP contribution in [-0.2, 0) is 16.5 Å². The molecule has 2 aliphatic carbocycles. The zero-order chi connectivity index (χ0) is 17.5. The van der Waals surface area contributed by atoms with Crippen LogP contribution < -0.4 is 5.32 Å². The van der Waals surface area contributed by atoms with Crippen LogP contribution in [0.3, 0.4) is 0 Å². The van der Waals surface area contributed by atoms with Crippen molar-refractivity contribution in [3.63, 3.8) is 0 Å². The number of carbonyl (C=O) groups is 1. The van der Waals surface area contributed by atoms with Crippen molar-refractivity contribution in [2.45, 2.75) is 56.3 Å². The standard InChI is InChI=1S/C17H19F4NO2/c18-13-8-11(7-12(9-13)17(19,20)21)16(5-6-16)22-15(24)10-1-3-14(23)4-2-10/h7-10,14,23H,1-6H2,(H,22,24). The number of hydrogen-bond donors (Lipinski definition) is 2. The molecule has 0 heterocycles. The third-order valence-corrected chi connectivity index (χ3v) is 4.96. The molecule has 0 spiro atoms. The first kappa shape index (κ1) is 17.2. The first-order chi connectivity index (χ1) is 11.2. The topological polar surface area (TPSA) is 49.3 Å². The maximum absolute atomic E-state index is 13.6. The van der Waals surface area contributed by atoms with E-state index in [4.69, 9.17) is 0 Å². The van der Waals surface area contributed by atoms with Gasteiger partial charge in [0.2, 0.25) is 5.91 Å². The summed E-state index contributed by atoms with van der Waals surface area (Å²) in [6.45, 7) is 0. The normalized spacial score (nSPS) is 26.0. The van der Waals surface area contributed by atoms with Crippen LogP contribution in [0.5, 0.6) is 0 Å². The molecule has 1 amide bonds. The second kappa shape index (κ2) is 6.02. The van der Waals surface area contributed by atoms with Gasteiger partial charge in [0.15, 0.2) is 0 Å². The molecule has 2 aliphatic rings. The van der Waals surface area contributed by atoms with Gasteiger partial charge in [0.25, 0.3) is 0 Å². The fraction of sp³-hybridized carbons (Fsp3) is 0.588. The molecule has 0 unspecified atom stereocenters. The molecule has 1 aromatic rings. The summed E-state index contributed by atoms with van der Waals surface area (Å²) in [6.07, 6.45) is -1.83. The van der Waals surface area contributed by atoms with Gasteiger partial charge in [0, 0.05) is 5.92 Å². The van der Waals surface area contributed by atoms with E-state index in [0.717, 1.165) is 12.1 Å². The lowest BCUT2D eigenvalue weighted by atomic mass is 9.86. The zero-order valence-electron chi connectivity index (χ0n) is 13.0. The van der Waals surface area contributed by atoms with Gasteiger partial charge in [-0.05, 0) is 62.3 Å². The SMILES string of the molecule is O=C(NC1(c2cc(F)cc(C(F)(F)F)c2)CC1)C1CCC(O)CC1. The summed E-state index contributed by atoms with van der Waals surface area (Å²) in [5.74, 6) is -1.43. The van der Waals surface area contributed by atoms with E-state index in [0.29, 0.717) is 44.6 Å². The number of hydrogen-bond acceptors (Lipinski definition) is 2. The molecule has 0 saturated heterocycles. The van der Waals surface area contributed by atoms with E-state index in [9.17, 15) is 27.5 Å². The van der Waals surface area contributed by atoms with E-state index in [1.54, 1.807) is 0 Å². The van der Waals surface area contributed by atoms with E-state index in [1.165, 1.54) is 0 Å². The lowest BCUT2D eigenvalue weighted by Crippen LogP contribution is -2.40. The summed E-state index contributed by atoms with van der Waals surface area (Å²) < 4.78 is 52.2. The number of aliphatic hydroxyl groups is 1. The number of rotatable bonds is 3. The molecule has 0 atom stereocenters. The van der Waals surface area contributed by atoms with Crippen LogP contribution >= 0.6 is 0 Å². The van der Waals surface area contributed by atoms with Crippen LogP contribution in [0.15, 0.2) is 18.2 Å². The number of halogens is 4. The molecular weight excluding hydrogens is 326 g/mol. The molecular formula is C17H19F4NO2. The highest BCUT2D eigenvalue weighted by Gasteiger charge is 2.48. The number of nitrogens with one attached hydrogen (secondary N) is 1. The first-order valence-electron chi connectivity index (χ1n) is 8.08. The summed E-state index contributed by atoms with van der Waals surface area (Å²) >= 11 is 0.